The second-order valence-electron chi connectivity index (χ2n) is 19.3. The molecule has 0 spiro atoms. The number of hydrogen-bond donors (Lipinski definition) is 18. The van der Waals surface area contributed by atoms with Gasteiger partial charge in [-0.15, -0.1) is 0 Å². The first kappa shape index (κ1) is 65.8. The second kappa shape index (κ2) is 27.2. The molecule has 37 nitrogen and oxygen atoms in total. The first-order valence-corrected chi connectivity index (χ1v) is 26.9. The fourth-order valence-electron chi connectivity index (χ4n) is 9.47. The summed E-state index contributed by atoms with van der Waals surface area (Å²) in [5.41, 5.74) is 0. The van der Waals surface area contributed by atoms with Gasteiger partial charge in [-0.3, -0.25) is 18.7 Å². The highest BCUT2D eigenvalue weighted by Crippen LogP contribution is 2.38. The lowest BCUT2D eigenvalue weighted by Gasteiger charge is -2.52. The first-order chi connectivity index (χ1) is 36.8. The normalized spacial score (nSPS) is 47.3. The van der Waals surface area contributed by atoms with Crippen LogP contribution in [0.4, 0.5) is 0 Å². The van der Waals surface area contributed by atoms with Crippen LogP contribution >= 0.6 is 0 Å². The lowest BCUT2D eigenvalue weighted by molar-refractivity contribution is -0.393. The summed E-state index contributed by atoms with van der Waals surface area (Å²) in [6, 6.07) is -3.92. The van der Waals surface area contributed by atoms with E-state index in [4.69, 9.17) is 52.1 Å². The van der Waals surface area contributed by atoms with E-state index in [1.807, 2.05) is 0 Å². The third kappa shape index (κ3) is 15.7. The molecule has 39 heteroatoms. The monoisotopic (exact) mass is 1200 g/mol. The van der Waals surface area contributed by atoms with Crippen molar-refractivity contribution in [3.63, 3.8) is 0 Å². The molecule has 1 unspecified atom stereocenters. The summed E-state index contributed by atoms with van der Waals surface area (Å²) < 4.78 is 140. The molecule has 0 aliphatic carbocycles. The SMILES string of the molecule is CC(=O)N[C@H]1[C@H](O[C@H]2[C@@H](O)[C@@H](CO)O[C@@H](O[C@H]3[C@H](O[C@@H]4O[C@@H](C)[C@@H](O)[C@@H](O)[C@@H]4O)[C@@H](NC(C)=O)C(O)O[C@@H]3COS(=O)(=O)O)[C@@H]2O)O[C@H](COS(=O)(=O)O)[C@@H](O[C@@H]2O[C@H](CO)[C@H](O)[C@H](O)[C@H]2O)[C@@H]1O[C@@H]1O[C@@H](C)[C@@H](O)[C@@H](O)[C@@H]1O. The van der Waals surface area contributed by atoms with Crippen molar-refractivity contribution in [1.29, 1.82) is 0 Å². The number of rotatable bonds is 20. The van der Waals surface area contributed by atoms with Crippen LogP contribution in [0.2, 0.25) is 0 Å². The lowest BCUT2D eigenvalue weighted by Crippen LogP contribution is -2.71. The van der Waals surface area contributed by atoms with E-state index in [0.717, 1.165) is 13.8 Å². The summed E-state index contributed by atoms with van der Waals surface area (Å²) in [6.07, 6.45) is -57.5. The Hall–Kier alpha value is -2.32. The van der Waals surface area contributed by atoms with Crippen LogP contribution in [0, 0.1) is 0 Å². The van der Waals surface area contributed by atoms with Gasteiger partial charge in [0.15, 0.2) is 37.7 Å². The molecule has 79 heavy (non-hydrogen) atoms. The van der Waals surface area contributed by atoms with Crippen molar-refractivity contribution < 1.29 is 167 Å². The van der Waals surface area contributed by atoms with Gasteiger partial charge in [0.05, 0.1) is 38.6 Å². The molecule has 0 radical (unpaired) electrons. The highest BCUT2D eigenvalue weighted by molar-refractivity contribution is 7.81. The Morgan fingerprint density at radius 3 is 1.18 bits per heavy atom. The molecule has 6 saturated heterocycles. The third-order valence-corrected chi connectivity index (χ3v) is 14.4. The molecule has 6 aliphatic heterocycles. The molecule has 0 saturated carbocycles. The minimum atomic E-state index is -5.48. The molecular formula is C40H68N2O35S2. The van der Waals surface area contributed by atoms with Crippen LogP contribution < -0.4 is 10.6 Å². The molecule has 460 valence electrons. The van der Waals surface area contributed by atoms with E-state index in [1.165, 1.54) is 13.8 Å². The van der Waals surface area contributed by atoms with Crippen LogP contribution in [0.15, 0.2) is 0 Å². The minimum absolute atomic E-state index is 0.895. The van der Waals surface area contributed by atoms with Gasteiger partial charge in [-0.2, -0.15) is 16.8 Å². The predicted octanol–water partition coefficient (Wildman–Crippen LogP) is -12.1. The van der Waals surface area contributed by atoms with E-state index in [-0.39, 0.29) is 0 Å². The van der Waals surface area contributed by atoms with Crippen LogP contribution in [-0.2, 0) is 90.9 Å². The molecule has 30 atom stereocenters. The van der Waals surface area contributed by atoms with Crippen molar-refractivity contribution in [2.24, 2.45) is 0 Å². The number of nitrogens with one attached hydrogen (secondary N) is 2. The Labute approximate surface area is 448 Å². The zero-order valence-electron chi connectivity index (χ0n) is 41.9. The number of ether oxygens (including phenoxy) is 11. The van der Waals surface area contributed by atoms with Gasteiger partial charge < -0.3 is 134 Å². The van der Waals surface area contributed by atoms with E-state index in [1.54, 1.807) is 0 Å². The number of hydrogen-bond acceptors (Lipinski definition) is 33. The van der Waals surface area contributed by atoms with E-state index >= 15 is 0 Å². The number of aliphatic hydroxyl groups is 14. The van der Waals surface area contributed by atoms with Crippen molar-refractivity contribution >= 4 is 32.6 Å². The molecule has 0 aromatic rings. The quantitative estimate of drug-likeness (QED) is 0.0503. The number of aliphatic hydroxyl groups excluding tert-OH is 14. The maximum absolute atomic E-state index is 13.1. The van der Waals surface area contributed by atoms with Gasteiger partial charge in [0.2, 0.25) is 11.8 Å². The zero-order valence-corrected chi connectivity index (χ0v) is 43.5. The molecule has 18 N–H and O–H groups in total. The Bertz CT molecular complexity index is 2230. The summed E-state index contributed by atoms with van der Waals surface area (Å²) in [5.74, 6) is -1.93. The molecule has 6 aliphatic rings. The van der Waals surface area contributed by atoms with Crippen LogP contribution in [0.3, 0.4) is 0 Å². The van der Waals surface area contributed by atoms with Crippen molar-refractivity contribution in [3.8, 4) is 0 Å². The first-order valence-electron chi connectivity index (χ1n) is 24.1. The van der Waals surface area contributed by atoms with Gasteiger partial charge in [-0.25, -0.2) is 8.37 Å². The Kier molecular flexibility index (Phi) is 22.6. The van der Waals surface area contributed by atoms with Gasteiger partial charge in [0.25, 0.3) is 0 Å². The topological polar surface area (TPSA) is 570 Å². The minimum Gasteiger partial charge on any atom is -0.394 e. The maximum atomic E-state index is 13.1. The van der Waals surface area contributed by atoms with E-state index < -0.39 is 243 Å². The maximum Gasteiger partial charge on any atom is 0.397 e. The van der Waals surface area contributed by atoms with Crippen molar-refractivity contribution in [1.82, 2.24) is 10.6 Å². The number of carbonyl (C=O) groups excluding carboxylic acids is 2. The fraction of sp³-hybridized carbons (Fsp3) is 0.950. The fourth-order valence-corrected chi connectivity index (χ4v) is 10.1. The van der Waals surface area contributed by atoms with Gasteiger partial charge in [0, 0.05) is 13.8 Å². The van der Waals surface area contributed by atoms with Gasteiger partial charge in [-0.1, -0.05) is 0 Å². The van der Waals surface area contributed by atoms with E-state index in [2.05, 4.69) is 19.0 Å². The van der Waals surface area contributed by atoms with E-state index in [9.17, 15) is 107 Å². The summed E-state index contributed by atoms with van der Waals surface area (Å²) in [4.78, 5) is 25.7. The number of amides is 2. The Balaban J connectivity index is 1.43. The predicted molar refractivity (Wildman–Crippen MR) is 240 cm³/mol. The van der Waals surface area contributed by atoms with Crippen LogP contribution in [0.1, 0.15) is 27.7 Å². The van der Waals surface area contributed by atoms with Crippen molar-refractivity contribution in [2.75, 3.05) is 26.4 Å². The van der Waals surface area contributed by atoms with Crippen LogP contribution in [0.5, 0.6) is 0 Å². The van der Waals surface area contributed by atoms with Crippen molar-refractivity contribution in [3.05, 3.63) is 0 Å². The van der Waals surface area contributed by atoms with Crippen LogP contribution in [-0.4, -0.2) is 320 Å². The Morgan fingerprint density at radius 1 is 0.405 bits per heavy atom. The second-order valence-corrected chi connectivity index (χ2v) is 21.4. The zero-order chi connectivity index (χ0) is 58.9. The Morgan fingerprint density at radius 2 is 0.747 bits per heavy atom. The van der Waals surface area contributed by atoms with Crippen molar-refractivity contribution in [2.45, 2.75) is 212 Å². The molecule has 2 amide bonds. The highest BCUT2D eigenvalue weighted by Gasteiger charge is 2.59. The number of carbonyl (C=O) groups is 2. The smallest absolute Gasteiger partial charge is 0.394 e. The third-order valence-electron chi connectivity index (χ3n) is 13.6. The average Bonchev–Trinajstić information content (AvgIpc) is 3.37. The summed E-state index contributed by atoms with van der Waals surface area (Å²) in [6.45, 7) is -0.625. The molecule has 0 aromatic carbocycles. The van der Waals surface area contributed by atoms with Crippen LogP contribution in [0.25, 0.3) is 0 Å². The standard InChI is InChI=1S/C40H68N2O35S2/c1-9-19(47)23(51)26(54)37(67-9)75-32-17(41-11(3)45)35(58)69-15(7-65-78(59,60)61)30(32)74-40-29(57)34(22(50)14(6-44)71-40)77-36-18(42-12(4)46)33(76-38-27(55)24(52)20(48)10(2)68-38)31(16(72-36)8-66-79(62,63)64)73-39-28(56)25(53)21(49)13(5-43)70-39/h9-10,13-40,43-44,47-58H,5-8H2,1-4H3,(H,41,45)(H,42,46)(H,59,60,61)(H,62,63,64)/t9-,10-,13+,14+,15+,16+,17+,18+,19+,20+,21-,22-,23+,24+,25-,26-,27-,28+,29+,30+,31+,32+,33+,34-,35?,36-,37-,38-,39-,40-/m0/s1. The molecule has 6 heterocycles. The molecule has 0 aromatic heterocycles. The average molecular weight is 1200 g/mol. The highest BCUT2D eigenvalue weighted by atomic mass is 32.3. The van der Waals surface area contributed by atoms with E-state index in [0.29, 0.717) is 0 Å². The largest absolute Gasteiger partial charge is 0.397 e. The van der Waals surface area contributed by atoms with Gasteiger partial charge >= 0.3 is 20.8 Å². The molecular weight excluding hydrogens is 1130 g/mol. The summed E-state index contributed by atoms with van der Waals surface area (Å²) in [7, 11) is -10.9. The van der Waals surface area contributed by atoms with Gasteiger partial charge in [0.1, 0.15) is 134 Å². The molecule has 6 fully saturated rings. The lowest BCUT2D eigenvalue weighted by atomic mass is 9.93. The summed E-state index contributed by atoms with van der Waals surface area (Å²) in [5, 5.41) is 156. The molecule has 0 bridgehead atoms. The summed E-state index contributed by atoms with van der Waals surface area (Å²) >= 11 is 0. The van der Waals surface area contributed by atoms with Gasteiger partial charge in [-0.05, 0) is 13.8 Å². The molecule has 6 rings (SSSR count).